The first-order valence-electron chi connectivity index (χ1n) is 5.58. The molecule has 1 aromatic rings. The molecule has 1 N–H and O–H groups in total. The number of nitrogens with zero attached hydrogens (tertiary/aromatic N) is 1. The molecule has 4 nitrogen and oxygen atoms in total. The predicted octanol–water partition coefficient (Wildman–Crippen LogP) is 1.34. The minimum Gasteiger partial charge on any atom is -0.492 e. The van der Waals surface area contributed by atoms with Crippen LogP contribution in [-0.4, -0.2) is 36.6 Å². The fraction of sp³-hybridized carbons (Fsp3) is 0.462. The Morgan fingerprint density at radius 1 is 1.41 bits per heavy atom. The molecule has 0 bridgehead atoms. The quantitative estimate of drug-likeness (QED) is 0.841. The molecule has 0 aromatic heterocycles. The van der Waals surface area contributed by atoms with Crippen molar-refractivity contribution in [1.82, 2.24) is 4.90 Å². The fourth-order valence-corrected chi connectivity index (χ4v) is 1.51. The first kappa shape index (κ1) is 13.5. The van der Waals surface area contributed by atoms with Gasteiger partial charge in [0.05, 0.1) is 19.6 Å². The number of amides is 1. The summed E-state index contributed by atoms with van der Waals surface area (Å²) in [5.74, 6) is 0.714. The molecule has 0 spiro atoms. The van der Waals surface area contributed by atoms with Crippen molar-refractivity contribution in [2.75, 3.05) is 20.7 Å². The number of aryl methyl sites for hydroxylation is 1. The van der Waals surface area contributed by atoms with Gasteiger partial charge in [0, 0.05) is 19.7 Å². The van der Waals surface area contributed by atoms with E-state index in [0.29, 0.717) is 18.8 Å². The van der Waals surface area contributed by atoms with E-state index in [1.54, 1.807) is 14.1 Å². The van der Waals surface area contributed by atoms with Crippen LogP contribution >= 0.6 is 0 Å². The van der Waals surface area contributed by atoms with Crippen LogP contribution in [0.4, 0.5) is 0 Å². The van der Waals surface area contributed by atoms with E-state index in [0.717, 1.165) is 11.1 Å². The summed E-state index contributed by atoms with van der Waals surface area (Å²) in [6.07, 6.45) is 0.339. The van der Waals surface area contributed by atoms with Crippen molar-refractivity contribution in [3.63, 3.8) is 0 Å². The highest BCUT2D eigenvalue weighted by Crippen LogP contribution is 2.23. The number of para-hydroxylation sites is 1. The van der Waals surface area contributed by atoms with Crippen molar-refractivity contribution in [2.24, 2.45) is 0 Å². The number of hydrogen-bond acceptors (Lipinski definition) is 3. The van der Waals surface area contributed by atoms with Gasteiger partial charge in [0.15, 0.2) is 0 Å². The molecule has 0 atom stereocenters. The number of carbonyl (C=O) groups excluding carboxylic acids is 1. The Hall–Kier alpha value is -1.55. The Morgan fingerprint density at radius 2 is 2.12 bits per heavy atom. The number of hydrogen-bond donors (Lipinski definition) is 1. The van der Waals surface area contributed by atoms with Gasteiger partial charge < -0.3 is 14.7 Å². The van der Waals surface area contributed by atoms with E-state index < -0.39 is 0 Å². The van der Waals surface area contributed by atoms with Gasteiger partial charge in [-0.2, -0.15) is 0 Å². The molecule has 17 heavy (non-hydrogen) atoms. The maximum Gasteiger partial charge on any atom is 0.225 e. The van der Waals surface area contributed by atoms with E-state index in [9.17, 15) is 9.90 Å². The summed E-state index contributed by atoms with van der Waals surface area (Å²) in [4.78, 5) is 12.9. The summed E-state index contributed by atoms with van der Waals surface area (Å²) in [6, 6.07) is 5.61. The number of rotatable bonds is 5. The minimum atomic E-state index is -0.0569. The van der Waals surface area contributed by atoms with Crippen LogP contribution in [0.5, 0.6) is 5.75 Å². The summed E-state index contributed by atoms with van der Waals surface area (Å²) in [6.45, 7) is 2.19. The molecule has 0 heterocycles. The van der Waals surface area contributed by atoms with Crippen LogP contribution in [0, 0.1) is 6.92 Å². The van der Waals surface area contributed by atoms with Gasteiger partial charge in [-0.3, -0.25) is 4.79 Å². The lowest BCUT2D eigenvalue weighted by Gasteiger charge is -2.14. The largest absolute Gasteiger partial charge is 0.492 e. The Labute approximate surface area is 102 Å². The molecule has 1 aromatic carbocycles. The molecule has 0 aliphatic heterocycles. The molecule has 0 saturated carbocycles. The Kier molecular flexibility index (Phi) is 4.97. The van der Waals surface area contributed by atoms with Crippen LogP contribution in [0.25, 0.3) is 0 Å². The highest BCUT2D eigenvalue weighted by molar-refractivity contribution is 5.75. The molecule has 4 heteroatoms. The smallest absolute Gasteiger partial charge is 0.225 e. The van der Waals surface area contributed by atoms with Gasteiger partial charge in [-0.1, -0.05) is 18.2 Å². The van der Waals surface area contributed by atoms with Crippen LogP contribution in [0.2, 0.25) is 0 Å². The van der Waals surface area contributed by atoms with Gasteiger partial charge in [0.1, 0.15) is 5.75 Å². The third kappa shape index (κ3) is 3.75. The van der Waals surface area contributed by atoms with Crippen molar-refractivity contribution < 1.29 is 14.6 Å². The van der Waals surface area contributed by atoms with Crippen LogP contribution in [-0.2, 0) is 11.4 Å². The van der Waals surface area contributed by atoms with Crippen LogP contribution < -0.4 is 4.74 Å². The number of aliphatic hydroxyl groups is 1. The van der Waals surface area contributed by atoms with E-state index >= 15 is 0 Å². The molecule has 0 aliphatic rings. The molecule has 0 fully saturated rings. The molecule has 94 valence electrons. The van der Waals surface area contributed by atoms with Crippen molar-refractivity contribution in [2.45, 2.75) is 20.0 Å². The highest BCUT2D eigenvalue weighted by atomic mass is 16.5. The molecule has 0 radical (unpaired) electrons. The minimum absolute atomic E-state index is 0.0316. The normalized spacial score (nSPS) is 10.1. The topological polar surface area (TPSA) is 49.8 Å². The summed E-state index contributed by atoms with van der Waals surface area (Å²) in [5.41, 5.74) is 1.72. The summed E-state index contributed by atoms with van der Waals surface area (Å²) in [7, 11) is 3.44. The number of ether oxygens (including phenoxy) is 1. The Bertz CT molecular complexity index is 388. The number of benzene rings is 1. The van der Waals surface area contributed by atoms with Crippen LogP contribution in [0.1, 0.15) is 17.5 Å². The lowest BCUT2D eigenvalue weighted by Crippen LogP contribution is -2.23. The lowest BCUT2D eigenvalue weighted by molar-refractivity contribution is -0.129. The van der Waals surface area contributed by atoms with Gasteiger partial charge in [-0.25, -0.2) is 0 Å². The van der Waals surface area contributed by atoms with Gasteiger partial charge >= 0.3 is 0 Å². The second kappa shape index (κ2) is 6.25. The maximum absolute atomic E-state index is 11.4. The van der Waals surface area contributed by atoms with Crippen molar-refractivity contribution in [1.29, 1.82) is 0 Å². The number of aliphatic hydroxyl groups excluding tert-OH is 1. The first-order valence-corrected chi connectivity index (χ1v) is 5.58. The van der Waals surface area contributed by atoms with Crippen LogP contribution in [0.3, 0.4) is 0 Å². The van der Waals surface area contributed by atoms with Gasteiger partial charge in [0.25, 0.3) is 0 Å². The molecular weight excluding hydrogens is 218 g/mol. The van der Waals surface area contributed by atoms with Gasteiger partial charge in [0.2, 0.25) is 5.91 Å². The summed E-state index contributed by atoms with van der Waals surface area (Å²) in [5, 5.41) is 9.18. The monoisotopic (exact) mass is 237 g/mol. The van der Waals surface area contributed by atoms with E-state index in [2.05, 4.69) is 0 Å². The Morgan fingerprint density at radius 3 is 2.71 bits per heavy atom. The van der Waals surface area contributed by atoms with E-state index in [1.807, 2.05) is 25.1 Å². The predicted molar refractivity (Wildman–Crippen MR) is 65.9 cm³/mol. The van der Waals surface area contributed by atoms with Crippen molar-refractivity contribution in [3.05, 3.63) is 29.3 Å². The molecule has 0 aliphatic carbocycles. The highest BCUT2D eigenvalue weighted by Gasteiger charge is 2.08. The number of carbonyl (C=O) groups is 1. The van der Waals surface area contributed by atoms with E-state index in [1.165, 1.54) is 4.90 Å². The van der Waals surface area contributed by atoms with Crippen LogP contribution in [0.15, 0.2) is 18.2 Å². The summed E-state index contributed by atoms with van der Waals surface area (Å²) >= 11 is 0. The average Bonchev–Trinajstić information content (AvgIpc) is 2.30. The van der Waals surface area contributed by atoms with Gasteiger partial charge in [-0.05, 0) is 12.5 Å². The summed E-state index contributed by atoms with van der Waals surface area (Å²) < 4.78 is 5.57. The third-order valence-electron chi connectivity index (χ3n) is 2.52. The van der Waals surface area contributed by atoms with E-state index in [4.69, 9.17) is 4.74 Å². The van der Waals surface area contributed by atoms with E-state index in [-0.39, 0.29) is 12.5 Å². The first-order chi connectivity index (χ1) is 8.06. The fourth-order valence-electron chi connectivity index (χ4n) is 1.51. The molecule has 0 unspecified atom stereocenters. The average molecular weight is 237 g/mol. The zero-order valence-corrected chi connectivity index (χ0v) is 10.6. The van der Waals surface area contributed by atoms with Crippen molar-refractivity contribution in [3.8, 4) is 5.75 Å². The lowest BCUT2D eigenvalue weighted by atomic mass is 10.1. The molecule has 1 amide bonds. The standard InChI is InChI=1S/C13H19NO3/c1-10-5-4-6-11(9-15)13(10)17-8-7-12(16)14(2)3/h4-6,15H,7-9H2,1-3H3. The molecule has 0 saturated heterocycles. The van der Waals surface area contributed by atoms with Crippen molar-refractivity contribution >= 4 is 5.91 Å². The third-order valence-corrected chi connectivity index (χ3v) is 2.52. The SMILES string of the molecule is Cc1cccc(CO)c1OCCC(=O)N(C)C. The molecular formula is C13H19NO3. The maximum atomic E-state index is 11.4. The van der Waals surface area contributed by atoms with Gasteiger partial charge in [-0.15, -0.1) is 0 Å². The second-order valence-corrected chi connectivity index (χ2v) is 4.11. The second-order valence-electron chi connectivity index (χ2n) is 4.11. The zero-order chi connectivity index (χ0) is 12.8. The zero-order valence-electron chi connectivity index (χ0n) is 10.6. The molecule has 1 rings (SSSR count). The Balaban J connectivity index is 2.60.